The summed E-state index contributed by atoms with van der Waals surface area (Å²) in [4.78, 5) is 0. The first kappa shape index (κ1) is 5.56. The quantitative estimate of drug-likeness (QED) is 0.335. The summed E-state index contributed by atoms with van der Waals surface area (Å²) < 4.78 is 0. The van der Waals surface area contributed by atoms with Crippen LogP contribution in [-0.4, -0.2) is 5.57 Å². The van der Waals surface area contributed by atoms with Crippen LogP contribution < -0.4 is 0 Å². The zero-order valence-electron chi connectivity index (χ0n) is 4.19. The summed E-state index contributed by atoms with van der Waals surface area (Å²) in [6.07, 6.45) is 4.28. The average molecular weight is 222 g/mol. The molecule has 0 saturated carbocycles. The van der Waals surface area contributed by atoms with Gasteiger partial charge >= 0.3 is 0 Å². The average Bonchev–Trinajstić information content (AvgIpc) is 1.84. The minimum atomic E-state index is -0.931. The van der Waals surface area contributed by atoms with Crippen molar-refractivity contribution in [1.82, 2.24) is 0 Å². The third-order valence-electron chi connectivity index (χ3n) is 0.955. The minimum Gasteiger partial charge on any atom is -0.108 e. The lowest BCUT2D eigenvalue weighted by molar-refractivity contribution is 2.14. The fourth-order valence-electron chi connectivity index (χ4n) is 0.543. The summed E-state index contributed by atoms with van der Waals surface area (Å²) in [7, 11) is 0. The molecule has 0 bridgehead atoms. The highest BCUT2D eigenvalue weighted by atomic mass is 127. The van der Waals surface area contributed by atoms with Gasteiger partial charge in [0, 0.05) is 0 Å². The van der Waals surface area contributed by atoms with Crippen LogP contribution in [0.15, 0.2) is 23.6 Å². The molecule has 0 aromatic heterocycles. The third-order valence-corrected chi connectivity index (χ3v) is 4.80. The number of allylic oxidation sites excluding steroid dienone is 2. The predicted octanol–water partition coefficient (Wildman–Crippen LogP) is 2.20. The lowest BCUT2D eigenvalue weighted by atomic mass is 10.6. The summed E-state index contributed by atoms with van der Waals surface area (Å²) in [5, 5.41) is 0. The van der Waals surface area contributed by atoms with Gasteiger partial charge in [-0.05, 0) is 0 Å². The van der Waals surface area contributed by atoms with Crippen molar-refractivity contribution in [3.63, 3.8) is 0 Å². The molecule has 0 aliphatic carbocycles. The van der Waals surface area contributed by atoms with Crippen LogP contribution in [0, 0.1) is 0 Å². The zero-order chi connectivity index (χ0) is 5.33. The Bertz CT molecular complexity index is 110. The van der Waals surface area contributed by atoms with Crippen LogP contribution in [0.3, 0.4) is 0 Å². The Morgan fingerprint density at radius 3 is 1.86 bits per heavy atom. The van der Waals surface area contributed by atoms with Crippen LogP contribution in [0.5, 0.6) is 0 Å². The molecule has 0 amide bonds. The molecule has 0 unspecified atom stereocenters. The largest absolute Gasteiger partial charge is 0.168 e. The molecule has 0 atom stereocenters. The van der Waals surface area contributed by atoms with E-state index >= 15 is 0 Å². The minimum absolute atomic E-state index is 0.931. The fourth-order valence-corrected chi connectivity index (χ4v) is 2.87. The highest BCUT2D eigenvalue weighted by Crippen LogP contribution is 2.19. The number of rotatable bonds is 0. The molecule has 0 aromatic carbocycles. The monoisotopic (exact) mass is 222 g/mol. The summed E-state index contributed by atoms with van der Waals surface area (Å²) in [6, 6.07) is 0. The van der Waals surface area contributed by atoms with E-state index < -0.39 is 5.57 Å². The van der Waals surface area contributed by atoms with Crippen LogP contribution in [0.25, 0.3) is 0 Å². The van der Waals surface area contributed by atoms with E-state index in [1.54, 1.807) is 0 Å². The van der Waals surface area contributed by atoms with Gasteiger partial charge in [0.2, 0.25) is 0 Å². The first-order valence-corrected chi connectivity index (χ1v) is 8.04. The maximum Gasteiger partial charge on any atom is 0.168 e. The van der Waals surface area contributed by atoms with E-state index in [1.165, 1.54) is 0 Å². The van der Waals surface area contributed by atoms with Crippen molar-refractivity contribution in [2.24, 2.45) is 0 Å². The van der Waals surface area contributed by atoms with Crippen molar-refractivity contribution < 1.29 is 0 Å². The lowest BCUT2D eigenvalue weighted by Gasteiger charge is -2.01. The normalized spacial score (nSPS) is 23.7. The first-order valence-electron chi connectivity index (χ1n) is 2.27. The van der Waals surface area contributed by atoms with Gasteiger partial charge in [0.25, 0.3) is 0 Å². The molecular weight excluding hydrogens is 215 g/mol. The molecule has 1 aliphatic heterocycles. The molecule has 0 fully saturated rings. The first-order chi connectivity index (χ1) is 3.21. The van der Waals surface area contributed by atoms with Gasteiger partial charge in [-0.25, -0.2) is 0 Å². The van der Waals surface area contributed by atoms with E-state index in [0.717, 1.165) is 0 Å². The van der Waals surface area contributed by atoms with Gasteiger partial charge < -0.3 is 0 Å². The molecule has 0 spiro atoms. The lowest BCUT2D eigenvalue weighted by Crippen LogP contribution is -2.10. The molecule has 7 heavy (non-hydrogen) atoms. The molecule has 2 heteroatoms. The van der Waals surface area contributed by atoms with E-state index in [0.29, 0.717) is 0 Å². The van der Waals surface area contributed by atoms with Crippen molar-refractivity contribution in [1.29, 1.82) is 0 Å². The Balaban J connectivity index is 2.77. The predicted molar refractivity (Wildman–Crippen MR) is 43.9 cm³/mol. The van der Waals surface area contributed by atoms with Crippen LogP contribution in [-0.2, 0) is 0 Å². The molecule has 38 valence electrons. The molecule has 0 nitrogen and oxygen atoms in total. The van der Waals surface area contributed by atoms with Gasteiger partial charge in [-0.15, -0.1) is 21.8 Å². The Hall–Kier alpha value is 0.427. The van der Waals surface area contributed by atoms with Crippen molar-refractivity contribution in [3.05, 3.63) is 23.6 Å². The number of halogens is 1. The molecule has 1 aliphatic rings. The van der Waals surface area contributed by atoms with Gasteiger partial charge in [0.15, 0.2) is 5.57 Å². The molecule has 1 rings (SSSR count). The molecule has 0 aromatic rings. The Kier molecular flexibility index (Phi) is 1.38. The zero-order valence-corrected chi connectivity index (χ0v) is 7.34. The van der Waals surface area contributed by atoms with E-state index in [9.17, 15) is 0 Å². The maximum absolute atomic E-state index is 2.53. The number of hydrogen-bond donors (Lipinski definition) is 0. The summed E-state index contributed by atoms with van der Waals surface area (Å²) in [6.45, 7) is 2.31. The topological polar surface area (TPSA) is 0 Å². The van der Waals surface area contributed by atoms with Gasteiger partial charge in [0.1, 0.15) is 0 Å². The van der Waals surface area contributed by atoms with Gasteiger partial charge in [-0.1, -0.05) is 30.1 Å². The third kappa shape index (κ3) is 1.42. The highest BCUT2D eigenvalue weighted by molar-refractivity contribution is 14.1. The van der Waals surface area contributed by atoms with Gasteiger partial charge in [-0.2, -0.15) is 0 Å². The van der Waals surface area contributed by atoms with Crippen molar-refractivity contribution in [2.75, 3.05) is 0 Å². The van der Waals surface area contributed by atoms with E-state index in [4.69, 9.17) is 0 Å². The molecule has 0 saturated heterocycles. The van der Waals surface area contributed by atoms with E-state index in [1.807, 2.05) is 0 Å². The Labute approximate surface area is 57.5 Å². The highest BCUT2D eigenvalue weighted by Gasteiger charge is 2.16. The SMILES string of the molecule is C[Si]1(I)C=CC=C1. The number of hydrogen-bond acceptors (Lipinski definition) is 0. The summed E-state index contributed by atoms with van der Waals surface area (Å²) >= 11 is 2.53. The Morgan fingerprint density at radius 2 is 1.71 bits per heavy atom. The smallest absolute Gasteiger partial charge is 0.108 e. The van der Waals surface area contributed by atoms with Gasteiger partial charge in [-0.3, -0.25) is 0 Å². The van der Waals surface area contributed by atoms with Crippen molar-refractivity contribution in [2.45, 2.75) is 6.55 Å². The standard InChI is InChI=1S/C5H7ISi/c1-7(6)4-2-3-5-7/h2-5H,1H3. The molecular formula is C5H7ISi. The molecule has 0 N–H and O–H groups in total. The van der Waals surface area contributed by atoms with Crippen LogP contribution in [0.2, 0.25) is 6.55 Å². The van der Waals surface area contributed by atoms with Crippen LogP contribution in [0.4, 0.5) is 0 Å². The van der Waals surface area contributed by atoms with Crippen molar-refractivity contribution in [3.8, 4) is 0 Å². The van der Waals surface area contributed by atoms with Crippen LogP contribution in [0.1, 0.15) is 0 Å². The second kappa shape index (κ2) is 1.74. The van der Waals surface area contributed by atoms with Crippen molar-refractivity contribution >= 4 is 27.4 Å². The van der Waals surface area contributed by atoms with E-state index in [-0.39, 0.29) is 0 Å². The summed E-state index contributed by atoms with van der Waals surface area (Å²) in [5.41, 5.74) is 3.69. The Morgan fingerprint density at radius 1 is 1.29 bits per heavy atom. The maximum atomic E-state index is 2.53. The fraction of sp³-hybridized carbons (Fsp3) is 0.200. The van der Waals surface area contributed by atoms with Crippen LogP contribution >= 0.6 is 21.8 Å². The van der Waals surface area contributed by atoms with E-state index in [2.05, 4.69) is 51.9 Å². The second-order valence-electron chi connectivity index (χ2n) is 1.87. The summed E-state index contributed by atoms with van der Waals surface area (Å²) in [5.74, 6) is 0. The molecule has 0 radical (unpaired) electrons. The second-order valence-corrected chi connectivity index (χ2v) is 11.8. The van der Waals surface area contributed by atoms with Gasteiger partial charge in [0.05, 0.1) is 0 Å². The molecule has 1 heterocycles.